The summed E-state index contributed by atoms with van der Waals surface area (Å²) in [6.07, 6.45) is 5.41. The minimum Gasteiger partial charge on any atom is -0.385 e. The normalized spacial score (nSPS) is 14.9. The zero-order valence-corrected chi connectivity index (χ0v) is 11.4. The summed E-state index contributed by atoms with van der Waals surface area (Å²) in [5, 5.41) is 12.9. The molecule has 0 aliphatic rings. The second kappa shape index (κ2) is 5.07. The molecule has 0 spiro atoms. The SMILES string of the molecule is CC(C)CCC(C)(O)c1cncc2ccccc12. The van der Waals surface area contributed by atoms with Crippen molar-refractivity contribution in [3.8, 4) is 0 Å². The Balaban J connectivity index is 2.40. The summed E-state index contributed by atoms with van der Waals surface area (Å²) < 4.78 is 0. The Morgan fingerprint density at radius 3 is 2.67 bits per heavy atom. The van der Waals surface area contributed by atoms with E-state index in [1.54, 1.807) is 6.20 Å². The number of aliphatic hydroxyl groups is 1. The molecule has 0 saturated heterocycles. The minimum absolute atomic E-state index is 0.597. The van der Waals surface area contributed by atoms with Crippen molar-refractivity contribution in [2.75, 3.05) is 0 Å². The fourth-order valence-corrected chi connectivity index (χ4v) is 2.25. The Hall–Kier alpha value is -1.41. The Labute approximate surface area is 109 Å². The van der Waals surface area contributed by atoms with Crippen molar-refractivity contribution in [2.45, 2.75) is 39.2 Å². The second-order valence-corrected chi connectivity index (χ2v) is 5.61. The van der Waals surface area contributed by atoms with Crippen molar-refractivity contribution in [3.63, 3.8) is 0 Å². The molecule has 1 aromatic carbocycles. The maximum Gasteiger partial charge on any atom is 0.0889 e. The van der Waals surface area contributed by atoms with Crippen LogP contribution in [0, 0.1) is 5.92 Å². The number of nitrogens with zero attached hydrogens (tertiary/aromatic N) is 1. The highest BCUT2D eigenvalue weighted by Gasteiger charge is 2.25. The summed E-state index contributed by atoms with van der Waals surface area (Å²) in [5.41, 5.74) is 0.124. The summed E-state index contributed by atoms with van der Waals surface area (Å²) in [5.74, 6) is 0.597. The lowest BCUT2D eigenvalue weighted by atomic mass is 9.87. The molecule has 2 aromatic rings. The van der Waals surface area contributed by atoms with Gasteiger partial charge in [-0.05, 0) is 31.1 Å². The molecule has 0 radical (unpaired) electrons. The van der Waals surface area contributed by atoms with E-state index in [1.165, 1.54) is 0 Å². The number of aromatic nitrogens is 1. The predicted molar refractivity (Wildman–Crippen MR) is 75.4 cm³/mol. The predicted octanol–water partition coefficient (Wildman–Crippen LogP) is 3.88. The molecule has 0 aliphatic carbocycles. The summed E-state index contributed by atoms with van der Waals surface area (Å²) in [4.78, 5) is 4.25. The van der Waals surface area contributed by atoms with Crippen molar-refractivity contribution >= 4 is 10.8 Å². The molecule has 96 valence electrons. The van der Waals surface area contributed by atoms with Crippen LogP contribution in [0.1, 0.15) is 39.2 Å². The zero-order valence-electron chi connectivity index (χ0n) is 11.4. The molecule has 0 bridgehead atoms. The fraction of sp³-hybridized carbons (Fsp3) is 0.438. The lowest BCUT2D eigenvalue weighted by Crippen LogP contribution is -2.22. The first-order valence-electron chi connectivity index (χ1n) is 6.56. The lowest BCUT2D eigenvalue weighted by molar-refractivity contribution is 0.0432. The van der Waals surface area contributed by atoms with E-state index < -0.39 is 5.60 Å². The highest BCUT2D eigenvalue weighted by molar-refractivity contribution is 5.85. The molecule has 1 unspecified atom stereocenters. The van der Waals surface area contributed by atoms with Crippen LogP contribution >= 0.6 is 0 Å². The van der Waals surface area contributed by atoms with Crippen LogP contribution < -0.4 is 0 Å². The van der Waals surface area contributed by atoms with Crippen molar-refractivity contribution in [2.24, 2.45) is 5.92 Å². The van der Waals surface area contributed by atoms with Crippen molar-refractivity contribution in [3.05, 3.63) is 42.2 Å². The summed E-state index contributed by atoms with van der Waals surface area (Å²) in [6, 6.07) is 8.08. The average Bonchev–Trinajstić information content (AvgIpc) is 2.36. The fourth-order valence-electron chi connectivity index (χ4n) is 2.25. The molecule has 2 nitrogen and oxygen atoms in total. The van der Waals surface area contributed by atoms with Gasteiger partial charge >= 0.3 is 0 Å². The molecule has 0 fully saturated rings. The summed E-state index contributed by atoms with van der Waals surface area (Å²) in [7, 11) is 0. The Morgan fingerprint density at radius 1 is 1.22 bits per heavy atom. The minimum atomic E-state index is -0.807. The van der Waals surface area contributed by atoms with Gasteiger partial charge in [-0.25, -0.2) is 0 Å². The molecule has 1 heterocycles. The van der Waals surface area contributed by atoms with E-state index in [9.17, 15) is 5.11 Å². The largest absolute Gasteiger partial charge is 0.385 e. The van der Waals surface area contributed by atoms with Crippen LogP contribution in [0.2, 0.25) is 0 Å². The van der Waals surface area contributed by atoms with Crippen LogP contribution in [-0.4, -0.2) is 10.1 Å². The average molecular weight is 243 g/mol. The van der Waals surface area contributed by atoms with E-state index in [1.807, 2.05) is 31.3 Å². The molecule has 0 saturated carbocycles. The maximum absolute atomic E-state index is 10.7. The van der Waals surface area contributed by atoms with Gasteiger partial charge in [-0.1, -0.05) is 38.1 Å². The summed E-state index contributed by atoms with van der Waals surface area (Å²) in [6.45, 7) is 6.24. The van der Waals surface area contributed by atoms with Gasteiger partial charge in [0.1, 0.15) is 0 Å². The van der Waals surface area contributed by atoms with E-state index in [-0.39, 0.29) is 0 Å². The molecule has 1 N–H and O–H groups in total. The smallest absolute Gasteiger partial charge is 0.0889 e. The standard InChI is InChI=1S/C16H21NO/c1-12(2)8-9-16(3,18)15-11-17-10-13-6-4-5-7-14(13)15/h4-7,10-12,18H,8-9H2,1-3H3. The van der Waals surface area contributed by atoms with Crippen molar-refractivity contribution in [1.29, 1.82) is 0 Å². The number of hydrogen-bond donors (Lipinski definition) is 1. The molecular formula is C16H21NO. The van der Waals surface area contributed by atoms with Gasteiger partial charge in [0, 0.05) is 23.3 Å². The number of rotatable bonds is 4. The van der Waals surface area contributed by atoms with Gasteiger partial charge in [0.15, 0.2) is 0 Å². The molecule has 1 atom stereocenters. The van der Waals surface area contributed by atoms with Crippen molar-refractivity contribution in [1.82, 2.24) is 4.98 Å². The molecule has 2 rings (SSSR count). The first kappa shape index (κ1) is 13.0. The first-order valence-corrected chi connectivity index (χ1v) is 6.56. The van der Waals surface area contributed by atoms with Gasteiger partial charge in [0.05, 0.1) is 5.60 Å². The third-order valence-corrected chi connectivity index (χ3v) is 3.46. The van der Waals surface area contributed by atoms with Gasteiger partial charge in [-0.15, -0.1) is 0 Å². The highest BCUT2D eigenvalue weighted by atomic mass is 16.3. The van der Waals surface area contributed by atoms with Crippen LogP contribution in [0.15, 0.2) is 36.7 Å². The first-order chi connectivity index (χ1) is 8.50. The van der Waals surface area contributed by atoms with E-state index in [4.69, 9.17) is 0 Å². The molecule has 0 aliphatic heterocycles. The van der Waals surface area contributed by atoms with Crippen LogP contribution in [0.3, 0.4) is 0 Å². The van der Waals surface area contributed by atoms with Crippen LogP contribution in [0.25, 0.3) is 10.8 Å². The molecule has 1 aromatic heterocycles. The number of hydrogen-bond acceptors (Lipinski definition) is 2. The topological polar surface area (TPSA) is 33.1 Å². The highest BCUT2D eigenvalue weighted by Crippen LogP contribution is 2.32. The van der Waals surface area contributed by atoms with Gasteiger partial charge in [0.25, 0.3) is 0 Å². The monoisotopic (exact) mass is 243 g/mol. The third kappa shape index (κ3) is 2.70. The number of fused-ring (bicyclic) bond motifs is 1. The maximum atomic E-state index is 10.7. The second-order valence-electron chi connectivity index (χ2n) is 5.61. The van der Waals surface area contributed by atoms with Crippen LogP contribution in [0.4, 0.5) is 0 Å². The molecular weight excluding hydrogens is 222 g/mol. The lowest BCUT2D eigenvalue weighted by Gasteiger charge is -2.25. The zero-order chi connectivity index (χ0) is 13.2. The van der Waals surface area contributed by atoms with Gasteiger partial charge < -0.3 is 5.11 Å². The van der Waals surface area contributed by atoms with Crippen LogP contribution in [0.5, 0.6) is 0 Å². The number of pyridine rings is 1. The van der Waals surface area contributed by atoms with Crippen molar-refractivity contribution < 1.29 is 5.11 Å². The van der Waals surface area contributed by atoms with Gasteiger partial charge in [-0.2, -0.15) is 0 Å². The quantitative estimate of drug-likeness (QED) is 0.884. The van der Waals surface area contributed by atoms with E-state index >= 15 is 0 Å². The van der Waals surface area contributed by atoms with Crippen LogP contribution in [-0.2, 0) is 5.60 Å². The Bertz CT molecular complexity index is 526. The van der Waals surface area contributed by atoms with E-state index in [2.05, 4.69) is 24.9 Å². The molecule has 18 heavy (non-hydrogen) atoms. The van der Waals surface area contributed by atoms with E-state index in [0.29, 0.717) is 5.92 Å². The van der Waals surface area contributed by atoms with E-state index in [0.717, 1.165) is 29.2 Å². The third-order valence-electron chi connectivity index (χ3n) is 3.46. The number of benzene rings is 1. The summed E-state index contributed by atoms with van der Waals surface area (Å²) >= 11 is 0. The molecule has 2 heteroatoms. The Morgan fingerprint density at radius 2 is 1.94 bits per heavy atom. The Kier molecular flexibility index (Phi) is 3.67. The molecule has 0 amide bonds. The van der Waals surface area contributed by atoms with Gasteiger partial charge in [-0.3, -0.25) is 4.98 Å². The van der Waals surface area contributed by atoms with Gasteiger partial charge in [0.2, 0.25) is 0 Å².